The zero-order valence-electron chi connectivity index (χ0n) is 18.3. The summed E-state index contributed by atoms with van der Waals surface area (Å²) in [5, 5.41) is 8.24. The van der Waals surface area contributed by atoms with E-state index >= 15 is 0 Å². The third-order valence-electron chi connectivity index (χ3n) is 5.81. The molecule has 0 saturated carbocycles. The summed E-state index contributed by atoms with van der Waals surface area (Å²) in [7, 11) is 0. The Morgan fingerprint density at radius 3 is 2.67 bits per heavy atom. The molecular formula is C24H27F3N4OS. The minimum atomic E-state index is -0.677. The second kappa shape index (κ2) is 10.9. The number of benzene rings is 2. The number of thiophene rings is 1. The Morgan fingerprint density at radius 1 is 0.970 bits per heavy atom. The molecule has 0 unspecified atom stereocenters. The average Bonchev–Trinajstić information content (AvgIpc) is 3.05. The van der Waals surface area contributed by atoms with E-state index in [1.807, 2.05) is 6.07 Å². The van der Waals surface area contributed by atoms with Gasteiger partial charge in [0.25, 0.3) is 0 Å². The van der Waals surface area contributed by atoms with Crippen LogP contribution in [0.1, 0.15) is 19.3 Å². The molecule has 1 aliphatic heterocycles. The van der Waals surface area contributed by atoms with Gasteiger partial charge in [0.05, 0.1) is 11.4 Å². The van der Waals surface area contributed by atoms with Crippen LogP contribution in [-0.4, -0.2) is 50.2 Å². The number of halogens is 3. The van der Waals surface area contributed by atoms with Gasteiger partial charge < -0.3 is 20.4 Å². The van der Waals surface area contributed by atoms with Crippen LogP contribution >= 0.6 is 11.3 Å². The van der Waals surface area contributed by atoms with Gasteiger partial charge in [0, 0.05) is 47.7 Å². The highest BCUT2D eigenvalue weighted by Crippen LogP contribution is 2.34. The van der Waals surface area contributed by atoms with Gasteiger partial charge in [-0.2, -0.15) is 0 Å². The second-order valence-corrected chi connectivity index (χ2v) is 9.07. The van der Waals surface area contributed by atoms with Gasteiger partial charge in [-0.05, 0) is 62.7 Å². The monoisotopic (exact) mass is 476 g/mol. The van der Waals surface area contributed by atoms with Crippen molar-refractivity contribution >= 4 is 38.8 Å². The molecule has 0 radical (unpaired) electrons. The van der Waals surface area contributed by atoms with Crippen LogP contribution in [0.3, 0.4) is 0 Å². The van der Waals surface area contributed by atoms with Crippen molar-refractivity contribution in [3.63, 3.8) is 0 Å². The predicted molar refractivity (Wildman–Crippen MR) is 128 cm³/mol. The second-order valence-electron chi connectivity index (χ2n) is 8.16. The van der Waals surface area contributed by atoms with Crippen molar-refractivity contribution in [1.29, 1.82) is 0 Å². The van der Waals surface area contributed by atoms with Crippen LogP contribution in [0.2, 0.25) is 0 Å². The molecular weight excluding hydrogens is 449 g/mol. The highest BCUT2D eigenvalue weighted by Gasteiger charge is 2.18. The fraction of sp³-hybridized carbons (Fsp3) is 0.375. The third kappa shape index (κ3) is 6.17. The Labute approximate surface area is 195 Å². The molecule has 3 aromatic rings. The summed E-state index contributed by atoms with van der Waals surface area (Å²) < 4.78 is 41.2. The van der Waals surface area contributed by atoms with Crippen molar-refractivity contribution in [2.75, 3.05) is 49.5 Å². The van der Waals surface area contributed by atoms with Crippen molar-refractivity contribution < 1.29 is 18.0 Å². The van der Waals surface area contributed by atoms with Crippen molar-refractivity contribution in [3.05, 3.63) is 59.2 Å². The molecule has 0 spiro atoms. The third-order valence-corrected chi connectivity index (χ3v) is 6.74. The number of nitrogens with zero attached hydrogens (tertiary/aromatic N) is 2. The minimum absolute atomic E-state index is 0.176. The molecule has 0 aliphatic carbocycles. The molecule has 2 heterocycles. The lowest BCUT2D eigenvalue weighted by molar-refractivity contribution is 0.251. The molecule has 1 saturated heterocycles. The zero-order chi connectivity index (χ0) is 23.2. The van der Waals surface area contributed by atoms with E-state index in [0.29, 0.717) is 6.54 Å². The van der Waals surface area contributed by atoms with Crippen molar-refractivity contribution in [1.82, 2.24) is 10.2 Å². The van der Waals surface area contributed by atoms with Crippen LogP contribution in [0.15, 0.2) is 41.8 Å². The Hall–Kier alpha value is -2.78. The maximum absolute atomic E-state index is 13.6. The van der Waals surface area contributed by atoms with Gasteiger partial charge in [-0.25, -0.2) is 18.0 Å². The lowest BCUT2D eigenvalue weighted by Crippen LogP contribution is -2.32. The molecule has 0 atom stereocenters. The first kappa shape index (κ1) is 23.4. The topological polar surface area (TPSA) is 47.6 Å². The maximum Gasteiger partial charge on any atom is 0.319 e. The van der Waals surface area contributed by atoms with E-state index in [1.165, 1.54) is 11.8 Å². The van der Waals surface area contributed by atoms with E-state index in [4.69, 9.17) is 0 Å². The number of amides is 2. The molecule has 1 fully saturated rings. The van der Waals surface area contributed by atoms with Gasteiger partial charge in [-0.1, -0.05) is 0 Å². The van der Waals surface area contributed by atoms with Crippen LogP contribution in [0.25, 0.3) is 10.1 Å². The summed E-state index contributed by atoms with van der Waals surface area (Å²) in [6.07, 6.45) is 2.77. The number of urea groups is 1. The molecule has 1 aromatic heterocycles. The summed E-state index contributed by atoms with van der Waals surface area (Å²) in [5.41, 5.74) is 1.01. The Morgan fingerprint density at radius 2 is 1.79 bits per heavy atom. The molecule has 2 N–H and O–H groups in total. The highest BCUT2D eigenvalue weighted by atomic mass is 32.1. The number of carbonyl (C=O) groups excluding carboxylic acids is 1. The van der Waals surface area contributed by atoms with E-state index < -0.39 is 17.7 Å². The van der Waals surface area contributed by atoms with Crippen LogP contribution < -0.4 is 15.5 Å². The van der Waals surface area contributed by atoms with E-state index in [9.17, 15) is 18.0 Å². The van der Waals surface area contributed by atoms with E-state index in [-0.39, 0.29) is 11.5 Å². The number of carbonyl (C=O) groups is 1. The van der Waals surface area contributed by atoms with Crippen molar-refractivity contribution in [2.45, 2.75) is 19.3 Å². The SMILES string of the molecule is O=C(NCCCCN1CCCN(c2csc3cc(F)ccc23)CC1)Nc1cc(F)ccc1F. The summed E-state index contributed by atoms with van der Waals surface area (Å²) in [6.45, 7) is 5.25. The Bertz CT molecular complexity index is 1110. The number of anilines is 2. The fourth-order valence-electron chi connectivity index (χ4n) is 4.09. The predicted octanol–water partition coefficient (Wildman–Crippen LogP) is 5.43. The van der Waals surface area contributed by atoms with E-state index in [2.05, 4.69) is 25.8 Å². The number of fused-ring (bicyclic) bond motifs is 1. The Balaban J connectivity index is 1.17. The lowest BCUT2D eigenvalue weighted by Gasteiger charge is -2.23. The first-order valence-corrected chi connectivity index (χ1v) is 12.0. The molecule has 0 bridgehead atoms. The van der Waals surface area contributed by atoms with Crippen LogP contribution in [0.5, 0.6) is 0 Å². The van der Waals surface area contributed by atoms with E-state index in [1.54, 1.807) is 17.4 Å². The van der Waals surface area contributed by atoms with Crippen molar-refractivity contribution in [3.8, 4) is 0 Å². The van der Waals surface area contributed by atoms with Gasteiger partial charge >= 0.3 is 6.03 Å². The van der Waals surface area contributed by atoms with Crippen LogP contribution in [0.4, 0.5) is 29.3 Å². The largest absolute Gasteiger partial charge is 0.369 e. The van der Waals surface area contributed by atoms with E-state index in [0.717, 1.165) is 80.3 Å². The molecule has 1 aliphatic rings. The zero-order valence-corrected chi connectivity index (χ0v) is 19.1. The van der Waals surface area contributed by atoms with Gasteiger partial charge in [0.1, 0.15) is 17.5 Å². The Kier molecular flexibility index (Phi) is 7.72. The van der Waals surface area contributed by atoms with Gasteiger partial charge in [-0.3, -0.25) is 0 Å². The van der Waals surface area contributed by atoms with Crippen LogP contribution in [-0.2, 0) is 0 Å². The number of rotatable bonds is 7. The molecule has 2 aromatic carbocycles. The van der Waals surface area contributed by atoms with Gasteiger partial charge in [-0.15, -0.1) is 11.3 Å². The van der Waals surface area contributed by atoms with Crippen molar-refractivity contribution in [2.24, 2.45) is 0 Å². The lowest BCUT2D eigenvalue weighted by atomic mass is 10.2. The quantitative estimate of drug-likeness (QED) is 0.447. The normalized spacial score (nSPS) is 14.9. The summed E-state index contributed by atoms with van der Waals surface area (Å²) >= 11 is 1.58. The molecule has 9 heteroatoms. The van der Waals surface area contributed by atoms with Crippen LogP contribution in [0, 0.1) is 17.5 Å². The smallest absolute Gasteiger partial charge is 0.319 e. The maximum atomic E-state index is 13.6. The molecule has 33 heavy (non-hydrogen) atoms. The number of unbranched alkanes of at least 4 members (excludes halogenated alkanes) is 1. The molecule has 4 rings (SSSR count). The highest BCUT2D eigenvalue weighted by molar-refractivity contribution is 7.17. The first-order valence-electron chi connectivity index (χ1n) is 11.1. The molecule has 2 amide bonds. The summed E-state index contributed by atoms with van der Waals surface area (Å²) in [5.74, 6) is -1.49. The first-order chi connectivity index (χ1) is 16.0. The van der Waals surface area contributed by atoms with Gasteiger partial charge in [0.15, 0.2) is 0 Å². The number of hydrogen-bond donors (Lipinski definition) is 2. The molecule has 5 nitrogen and oxygen atoms in total. The molecule has 176 valence electrons. The standard InChI is InChI=1S/C24H27F3N4OS/c25-17-5-7-20(27)21(14-17)29-24(32)28-8-1-2-9-30-10-3-11-31(13-12-30)22-16-33-23-15-18(26)4-6-19(22)23/h4-7,14-16H,1-3,8-13H2,(H2,28,29,32). The summed E-state index contributed by atoms with van der Waals surface area (Å²) in [4.78, 5) is 16.7. The average molecular weight is 477 g/mol. The van der Waals surface area contributed by atoms with Gasteiger partial charge in [0.2, 0.25) is 0 Å². The number of nitrogens with one attached hydrogen (secondary N) is 2. The summed E-state index contributed by atoms with van der Waals surface area (Å²) in [6, 6.07) is 7.37. The fourth-order valence-corrected chi connectivity index (χ4v) is 5.09. The minimum Gasteiger partial charge on any atom is -0.369 e. The number of hydrogen-bond acceptors (Lipinski definition) is 4.